The van der Waals surface area contributed by atoms with E-state index in [-0.39, 0.29) is 5.75 Å². The number of benzene rings is 1. The second kappa shape index (κ2) is 6.88. The summed E-state index contributed by atoms with van der Waals surface area (Å²) >= 11 is 1.65. The Morgan fingerprint density at radius 2 is 1.95 bits per heavy atom. The van der Waals surface area contributed by atoms with Crippen LogP contribution in [-0.2, 0) is 0 Å². The van der Waals surface area contributed by atoms with Crippen LogP contribution in [-0.4, -0.2) is 68.7 Å². The molecule has 0 unspecified atom stereocenters. The zero-order chi connectivity index (χ0) is 14.5. The van der Waals surface area contributed by atoms with Crippen molar-refractivity contribution in [1.82, 2.24) is 30.4 Å². The number of rotatable bonds is 5. The van der Waals surface area contributed by atoms with E-state index in [1.165, 1.54) is 0 Å². The monoisotopic (exact) mass is 306 g/mol. The van der Waals surface area contributed by atoms with Gasteiger partial charge in [0.1, 0.15) is 5.75 Å². The summed E-state index contributed by atoms with van der Waals surface area (Å²) in [6, 6.07) is 6.86. The van der Waals surface area contributed by atoms with Crippen molar-refractivity contribution in [3.05, 3.63) is 24.3 Å². The molecule has 0 atom stereocenters. The molecule has 2 N–H and O–H groups in total. The van der Waals surface area contributed by atoms with Gasteiger partial charge in [0, 0.05) is 38.5 Å². The maximum atomic E-state index is 9.33. The van der Waals surface area contributed by atoms with E-state index in [4.69, 9.17) is 0 Å². The molecule has 0 radical (unpaired) electrons. The van der Waals surface area contributed by atoms with Gasteiger partial charge in [-0.15, -0.1) is 5.10 Å². The van der Waals surface area contributed by atoms with Gasteiger partial charge in [0.2, 0.25) is 5.16 Å². The smallest absolute Gasteiger partial charge is 0.214 e. The van der Waals surface area contributed by atoms with Crippen molar-refractivity contribution in [1.29, 1.82) is 0 Å². The molecule has 0 bridgehead atoms. The van der Waals surface area contributed by atoms with Crippen LogP contribution >= 0.6 is 11.8 Å². The third-order valence-corrected chi connectivity index (χ3v) is 4.28. The van der Waals surface area contributed by atoms with Gasteiger partial charge in [0.15, 0.2) is 0 Å². The van der Waals surface area contributed by atoms with Gasteiger partial charge in [0.25, 0.3) is 0 Å². The fourth-order valence-electron chi connectivity index (χ4n) is 2.23. The van der Waals surface area contributed by atoms with Crippen LogP contribution < -0.4 is 5.32 Å². The van der Waals surface area contributed by atoms with Gasteiger partial charge in [-0.3, -0.25) is 4.90 Å². The maximum absolute atomic E-state index is 9.33. The summed E-state index contributed by atoms with van der Waals surface area (Å²) in [6.07, 6.45) is 0. The van der Waals surface area contributed by atoms with Crippen LogP contribution in [0.5, 0.6) is 5.75 Å². The number of phenols is 1. The topological polar surface area (TPSA) is 79.1 Å². The molecule has 0 spiro atoms. The summed E-state index contributed by atoms with van der Waals surface area (Å²) in [4.78, 5) is 2.44. The highest BCUT2D eigenvalue weighted by Crippen LogP contribution is 2.19. The lowest BCUT2D eigenvalue weighted by molar-refractivity contribution is 0.255. The minimum atomic E-state index is 0.236. The van der Waals surface area contributed by atoms with E-state index in [1.807, 2.05) is 0 Å². The number of nitrogens with one attached hydrogen (secondary N) is 1. The van der Waals surface area contributed by atoms with Crippen LogP contribution in [0.15, 0.2) is 29.4 Å². The lowest BCUT2D eigenvalue weighted by Gasteiger charge is -2.26. The Balaban J connectivity index is 1.59. The molecule has 1 fully saturated rings. The molecule has 1 aliphatic heterocycles. The molecule has 112 valence electrons. The number of aromatic hydroxyl groups is 1. The summed E-state index contributed by atoms with van der Waals surface area (Å²) in [5.41, 5.74) is 0.850. The molecule has 1 saturated heterocycles. The molecule has 1 aliphatic rings. The van der Waals surface area contributed by atoms with Crippen molar-refractivity contribution in [3.8, 4) is 11.4 Å². The fourth-order valence-corrected chi connectivity index (χ4v) is 3.12. The van der Waals surface area contributed by atoms with Gasteiger partial charge in [-0.1, -0.05) is 11.8 Å². The average molecular weight is 306 g/mol. The zero-order valence-corrected chi connectivity index (χ0v) is 12.5. The van der Waals surface area contributed by atoms with Gasteiger partial charge in [-0.05, 0) is 34.7 Å². The van der Waals surface area contributed by atoms with Crippen molar-refractivity contribution in [2.24, 2.45) is 0 Å². The maximum Gasteiger partial charge on any atom is 0.214 e. The summed E-state index contributed by atoms with van der Waals surface area (Å²) in [6.45, 7) is 5.37. The van der Waals surface area contributed by atoms with Crippen molar-refractivity contribution in [2.45, 2.75) is 5.16 Å². The minimum Gasteiger partial charge on any atom is -0.508 e. The van der Waals surface area contributed by atoms with Gasteiger partial charge in [0.05, 0.1) is 5.69 Å². The number of thioether (sulfide) groups is 1. The highest BCUT2D eigenvalue weighted by molar-refractivity contribution is 7.99. The molecule has 2 aromatic rings. The predicted molar refractivity (Wildman–Crippen MR) is 80.9 cm³/mol. The highest BCUT2D eigenvalue weighted by atomic mass is 32.2. The summed E-state index contributed by atoms with van der Waals surface area (Å²) in [5, 5.41) is 25.3. The first-order chi connectivity index (χ1) is 10.3. The van der Waals surface area contributed by atoms with E-state index in [0.29, 0.717) is 0 Å². The molecule has 0 aliphatic carbocycles. The van der Waals surface area contributed by atoms with E-state index in [0.717, 1.165) is 49.3 Å². The lowest BCUT2D eigenvalue weighted by Crippen LogP contribution is -2.44. The van der Waals surface area contributed by atoms with Crippen LogP contribution in [0.3, 0.4) is 0 Å². The van der Waals surface area contributed by atoms with Gasteiger partial charge < -0.3 is 10.4 Å². The highest BCUT2D eigenvalue weighted by Gasteiger charge is 2.12. The van der Waals surface area contributed by atoms with Crippen LogP contribution in [0.25, 0.3) is 5.69 Å². The Morgan fingerprint density at radius 1 is 1.19 bits per heavy atom. The summed E-state index contributed by atoms with van der Waals surface area (Å²) in [5.74, 6) is 1.19. The van der Waals surface area contributed by atoms with Gasteiger partial charge >= 0.3 is 0 Å². The Kier molecular flexibility index (Phi) is 4.69. The Morgan fingerprint density at radius 3 is 2.71 bits per heavy atom. The van der Waals surface area contributed by atoms with E-state index in [9.17, 15) is 5.11 Å². The molecule has 1 aromatic heterocycles. The van der Waals surface area contributed by atoms with E-state index >= 15 is 0 Å². The zero-order valence-electron chi connectivity index (χ0n) is 11.6. The second-order valence-electron chi connectivity index (χ2n) is 4.83. The number of aromatic nitrogens is 4. The predicted octanol–water partition coefficient (Wildman–Crippen LogP) is 0.365. The Hall–Kier alpha value is -1.64. The molecule has 2 heterocycles. The molecule has 3 rings (SSSR count). The fraction of sp³-hybridized carbons (Fsp3) is 0.462. The number of hydrogen-bond acceptors (Lipinski definition) is 7. The average Bonchev–Trinajstić information content (AvgIpc) is 2.98. The van der Waals surface area contributed by atoms with Gasteiger partial charge in [-0.2, -0.15) is 4.68 Å². The first kappa shape index (κ1) is 14.3. The Labute approximate surface area is 127 Å². The van der Waals surface area contributed by atoms with E-state index < -0.39 is 0 Å². The minimum absolute atomic E-state index is 0.236. The molecule has 21 heavy (non-hydrogen) atoms. The molecule has 8 heteroatoms. The van der Waals surface area contributed by atoms with Crippen molar-refractivity contribution in [2.75, 3.05) is 38.5 Å². The molecule has 0 amide bonds. The first-order valence-electron chi connectivity index (χ1n) is 6.96. The number of nitrogens with zero attached hydrogens (tertiary/aromatic N) is 5. The SMILES string of the molecule is Oc1ccc(-n2nnnc2SCCN2CCNCC2)cc1. The molecular weight excluding hydrogens is 288 g/mol. The lowest BCUT2D eigenvalue weighted by atomic mass is 10.3. The molecule has 1 aromatic carbocycles. The van der Waals surface area contributed by atoms with Crippen LogP contribution in [0.1, 0.15) is 0 Å². The normalized spacial score (nSPS) is 16.2. The molecule has 7 nitrogen and oxygen atoms in total. The van der Waals surface area contributed by atoms with Crippen LogP contribution in [0.4, 0.5) is 0 Å². The molecule has 0 saturated carbocycles. The van der Waals surface area contributed by atoms with Crippen molar-refractivity contribution >= 4 is 11.8 Å². The summed E-state index contributed by atoms with van der Waals surface area (Å²) in [7, 11) is 0. The van der Waals surface area contributed by atoms with E-state index in [1.54, 1.807) is 40.7 Å². The van der Waals surface area contributed by atoms with Crippen molar-refractivity contribution < 1.29 is 5.11 Å². The Bertz CT molecular complexity index is 566. The third-order valence-electron chi connectivity index (χ3n) is 3.38. The van der Waals surface area contributed by atoms with Crippen LogP contribution in [0, 0.1) is 0 Å². The number of tetrazole rings is 1. The number of piperazine rings is 1. The molecular formula is C13H18N6OS. The van der Waals surface area contributed by atoms with Gasteiger partial charge in [-0.25, -0.2) is 0 Å². The number of phenolic OH excluding ortho intramolecular Hbond substituents is 1. The third kappa shape index (κ3) is 3.72. The quantitative estimate of drug-likeness (QED) is 0.772. The standard InChI is InChI=1S/C13H18N6OS/c20-12-3-1-11(2-4-12)19-13(15-16-17-19)21-10-9-18-7-5-14-6-8-18/h1-4,14,20H,5-10H2. The second-order valence-corrected chi connectivity index (χ2v) is 5.89. The van der Waals surface area contributed by atoms with E-state index in [2.05, 4.69) is 25.7 Å². The summed E-state index contributed by atoms with van der Waals surface area (Å²) < 4.78 is 1.70. The largest absolute Gasteiger partial charge is 0.508 e. The van der Waals surface area contributed by atoms with Crippen LogP contribution in [0.2, 0.25) is 0 Å². The first-order valence-corrected chi connectivity index (χ1v) is 7.95. The number of hydrogen-bond donors (Lipinski definition) is 2. The van der Waals surface area contributed by atoms with Crippen molar-refractivity contribution in [3.63, 3.8) is 0 Å².